The molecule has 6 heteroatoms. The Morgan fingerprint density at radius 1 is 1.50 bits per heavy atom. The van der Waals surface area contributed by atoms with E-state index in [2.05, 4.69) is 22.7 Å². The van der Waals surface area contributed by atoms with Crippen molar-refractivity contribution in [1.82, 2.24) is 15.1 Å². The molecule has 1 aromatic rings. The van der Waals surface area contributed by atoms with Crippen LogP contribution < -0.4 is 10.6 Å². The molecule has 1 saturated carbocycles. The zero-order chi connectivity index (χ0) is 14.5. The number of carbonyl (C=O) groups excluding carboxylic acids is 1. The number of hydrogen-bond donors (Lipinski definition) is 2. The first-order valence-electron chi connectivity index (χ1n) is 7.30. The molecule has 20 heavy (non-hydrogen) atoms. The second-order valence-corrected chi connectivity index (χ2v) is 6.79. The average molecular weight is 296 g/mol. The Bertz CT molecular complexity index is 458. The van der Waals surface area contributed by atoms with E-state index in [1.165, 1.54) is 19.3 Å². The summed E-state index contributed by atoms with van der Waals surface area (Å²) in [7, 11) is 1.83. The molecule has 0 saturated heterocycles. The minimum Gasteiger partial charge on any atom is -0.334 e. The molecule has 0 aromatic carbocycles. The van der Waals surface area contributed by atoms with Gasteiger partial charge in [0.25, 0.3) is 0 Å². The third-order valence-electron chi connectivity index (χ3n) is 3.64. The number of nitrogens with zero attached hydrogens (tertiary/aromatic N) is 2. The standard InChI is InChI=1S/C14H24N4OS/c1-4-20-12-8-6-5-7-11(12)15-14(19)16-13-9-10(2)17-18(13)3/h9,11-12H,4-8H2,1-3H3,(H2,15,16,19)/t11-,12+/m0/s1. The Labute approximate surface area is 124 Å². The number of rotatable bonds is 4. The van der Waals surface area contributed by atoms with Crippen LogP contribution in [0.2, 0.25) is 0 Å². The summed E-state index contributed by atoms with van der Waals surface area (Å²) in [6, 6.07) is 2.03. The summed E-state index contributed by atoms with van der Waals surface area (Å²) in [5, 5.41) is 10.8. The highest BCUT2D eigenvalue weighted by atomic mass is 32.2. The zero-order valence-corrected chi connectivity index (χ0v) is 13.3. The van der Waals surface area contributed by atoms with Crippen molar-refractivity contribution in [3.8, 4) is 0 Å². The summed E-state index contributed by atoms with van der Waals surface area (Å²) in [5.41, 5.74) is 0.903. The van der Waals surface area contributed by atoms with Crippen molar-refractivity contribution in [2.24, 2.45) is 7.05 Å². The van der Waals surface area contributed by atoms with Gasteiger partial charge in [0.05, 0.1) is 5.69 Å². The van der Waals surface area contributed by atoms with Crippen LogP contribution in [0, 0.1) is 6.92 Å². The van der Waals surface area contributed by atoms with E-state index in [9.17, 15) is 4.79 Å². The second-order valence-electron chi connectivity index (χ2n) is 5.28. The average Bonchev–Trinajstić information content (AvgIpc) is 2.70. The molecule has 0 radical (unpaired) electrons. The minimum absolute atomic E-state index is 0.124. The fourth-order valence-corrected chi connectivity index (χ4v) is 3.92. The van der Waals surface area contributed by atoms with Gasteiger partial charge in [-0.05, 0) is 25.5 Å². The Morgan fingerprint density at radius 2 is 2.25 bits per heavy atom. The van der Waals surface area contributed by atoms with Crippen molar-refractivity contribution >= 4 is 23.6 Å². The summed E-state index contributed by atoms with van der Waals surface area (Å²) in [6.07, 6.45) is 4.76. The van der Waals surface area contributed by atoms with Gasteiger partial charge in [-0.25, -0.2) is 4.79 Å². The molecule has 1 aliphatic carbocycles. The lowest BCUT2D eigenvalue weighted by atomic mass is 9.95. The van der Waals surface area contributed by atoms with E-state index in [1.807, 2.05) is 31.8 Å². The SMILES string of the molecule is CCS[C@@H]1CCCC[C@@H]1NC(=O)Nc1cc(C)nn1C. The molecule has 2 amide bonds. The normalized spacial score (nSPS) is 22.6. The van der Waals surface area contributed by atoms with Crippen LogP contribution in [0.5, 0.6) is 0 Å². The number of aromatic nitrogens is 2. The highest BCUT2D eigenvalue weighted by molar-refractivity contribution is 7.99. The van der Waals surface area contributed by atoms with E-state index < -0.39 is 0 Å². The molecular weight excluding hydrogens is 272 g/mol. The molecule has 1 aliphatic rings. The molecule has 2 atom stereocenters. The first-order valence-corrected chi connectivity index (χ1v) is 8.34. The maximum atomic E-state index is 12.1. The third-order valence-corrected chi connectivity index (χ3v) is 4.97. The predicted octanol–water partition coefficient (Wildman–Crippen LogP) is 2.91. The molecule has 2 N–H and O–H groups in total. The quantitative estimate of drug-likeness (QED) is 0.898. The van der Waals surface area contributed by atoms with Crippen LogP contribution in [0.4, 0.5) is 10.6 Å². The van der Waals surface area contributed by atoms with Gasteiger partial charge in [-0.1, -0.05) is 19.8 Å². The summed E-state index contributed by atoms with van der Waals surface area (Å²) >= 11 is 1.96. The number of amides is 2. The van der Waals surface area contributed by atoms with Crippen LogP contribution >= 0.6 is 11.8 Å². The lowest BCUT2D eigenvalue weighted by molar-refractivity contribution is 0.244. The van der Waals surface area contributed by atoms with Gasteiger partial charge >= 0.3 is 6.03 Å². The van der Waals surface area contributed by atoms with E-state index in [-0.39, 0.29) is 12.1 Å². The molecule has 1 aromatic heterocycles. The fraction of sp³-hybridized carbons (Fsp3) is 0.714. The van der Waals surface area contributed by atoms with Gasteiger partial charge in [0.15, 0.2) is 0 Å². The Kier molecular flexibility index (Phi) is 5.34. The zero-order valence-electron chi connectivity index (χ0n) is 12.5. The van der Waals surface area contributed by atoms with Crippen LogP contribution in [-0.4, -0.2) is 32.9 Å². The maximum absolute atomic E-state index is 12.1. The Morgan fingerprint density at radius 3 is 2.90 bits per heavy atom. The maximum Gasteiger partial charge on any atom is 0.320 e. The lowest BCUT2D eigenvalue weighted by Crippen LogP contribution is -2.45. The van der Waals surface area contributed by atoms with E-state index in [4.69, 9.17) is 0 Å². The minimum atomic E-state index is -0.124. The molecule has 5 nitrogen and oxygen atoms in total. The van der Waals surface area contributed by atoms with Crippen molar-refractivity contribution in [1.29, 1.82) is 0 Å². The van der Waals surface area contributed by atoms with E-state index in [0.717, 1.165) is 23.7 Å². The van der Waals surface area contributed by atoms with E-state index in [0.29, 0.717) is 5.25 Å². The Balaban J connectivity index is 1.91. The monoisotopic (exact) mass is 296 g/mol. The summed E-state index contributed by atoms with van der Waals surface area (Å²) < 4.78 is 1.69. The van der Waals surface area contributed by atoms with Gasteiger partial charge in [0, 0.05) is 24.4 Å². The second kappa shape index (κ2) is 7.02. The number of hydrogen-bond acceptors (Lipinski definition) is 3. The molecule has 0 bridgehead atoms. The van der Waals surface area contributed by atoms with Gasteiger partial charge in [-0.3, -0.25) is 10.00 Å². The molecule has 0 spiro atoms. The number of nitrogens with one attached hydrogen (secondary N) is 2. The number of anilines is 1. The third kappa shape index (κ3) is 3.91. The highest BCUT2D eigenvalue weighted by Gasteiger charge is 2.26. The molecule has 2 rings (SSSR count). The predicted molar refractivity (Wildman–Crippen MR) is 84.3 cm³/mol. The van der Waals surface area contributed by atoms with Crippen molar-refractivity contribution in [3.05, 3.63) is 11.8 Å². The molecule has 1 heterocycles. The van der Waals surface area contributed by atoms with E-state index >= 15 is 0 Å². The van der Waals surface area contributed by atoms with Gasteiger partial charge in [0.1, 0.15) is 5.82 Å². The van der Waals surface area contributed by atoms with Crippen LogP contribution in [0.1, 0.15) is 38.3 Å². The fourth-order valence-electron chi connectivity index (χ4n) is 2.72. The van der Waals surface area contributed by atoms with Crippen LogP contribution in [0.25, 0.3) is 0 Å². The van der Waals surface area contributed by atoms with Gasteiger partial charge in [-0.15, -0.1) is 0 Å². The van der Waals surface area contributed by atoms with Gasteiger partial charge < -0.3 is 5.32 Å². The highest BCUT2D eigenvalue weighted by Crippen LogP contribution is 2.28. The molecule has 112 valence electrons. The summed E-state index contributed by atoms with van der Waals surface area (Å²) in [5.74, 6) is 1.83. The van der Waals surface area contributed by atoms with Crippen molar-refractivity contribution < 1.29 is 4.79 Å². The first kappa shape index (κ1) is 15.2. The summed E-state index contributed by atoms with van der Waals surface area (Å²) in [6.45, 7) is 4.09. The molecular formula is C14H24N4OS. The Hall–Kier alpha value is -1.17. The summed E-state index contributed by atoms with van der Waals surface area (Å²) in [4.78, 5) is 12.1. The van der Waals surface area contributed by atoms with Crippen LogP contribution in [0.15, 0.2) is 6.07 Å². The largest absolute Gasteiger partial charge is 0.334 e. The number of thioether (sulfide) groups is 1. The molecule has 0 unspecified atom stereocenters. The first-order chi connectivity index (χ1) is 9.60. The van der Waals surface area contributed by atoms with Crippen molar-refractivity contribution in [3.63, 3.8) is 0 Å². The number of urea groups is 1. The van der Waals surface area contributed by atoms with Crippen LogP contribution in [-0.2, 0) is 7.05 Å². The topological polar surface area (TPSA) is 59.0 Å². The van der Waals surface area contributed by atoms with Crippen molar-refractivity contribution in [2.75, 3.05) is 11.1 Å². The van der Waals surface area contributed by atoms with E-state index in [1.54, 1.807) is 4.68 Å². The number of carbonyl (C=O) groups is 1. The van der Waals surface area contributed by atoms with Crippen LogP contribution in [0.3, 0.4) is 0 Å². The van der Waals surface area contributed by atoms with Gasteiger partial charge in [-0.2, -0.15) is 16.9 Å². The van der Waals surface area contributed by atoms with Crippen molar-refractivity contribution in [2.45, 2.75) is 50.8 Å². The van der Waals surface area contributed by atoms with Gasteiger partial charge in [0.2, 0.25) is 0 Å². The number of aryl methyl sites for hydroxylation is 2. The molecule has 1 fully saturated rings. The lowest BCUT2D eigenvalue weighted by Gasteiger charge is -2.31. The molecule has 0 aliphatic heterocycles. The smallest absolute Gasteiger partial charge is 0.320 e.